The molecule has 8 heterocycles. The van der Waals surface area contributed by atoms with Gasteiger partial charge in [-0.15, -0.1) is 24.8 Å². The predicted octanol–water partition coefficient (Wildman–Crippen LogP) is 11.3. The molecule has 4 aromatic heterocycles. The first kappa shape index (κ1) is 86.5. The van der Waals surface area contributed by atoms with Crippen molar-refractivity contribution in [1.82, 2.24) is 66.3 Å². The van der Waals surface area contributed by atoms with Crippen molar-refractivity contribution < 1.29 is 33.8 Å². The van der Waals surface area contributed by atoms with Gasteiger partial charge in [-0.05, 0) is 202 Å². The van der Waals surface area contributed by atoms with Gasteiger partial charge in [-0.1, -0.05) is 107 Å². The molecule has 8 aromatic rings. The summed E-state index contributed by atoms with van der Waals surface area (Å²) in [5.41, 5.74) is 19.9. The van der Waals surface area contributed by atoms with Crippen LogP contribution in [0.4, 0.5) is 10.6 Å². The fraction of sp³-hybridized carbons (Fsp3) is 0.431. The first-order valence-corrected chi connectivity index (χ1v) is 35.3. The van der Waals surface area contributed by atoms with E-state index < -0.39 is 39.7 Å². The van der Waals surface area contributed by atoms with Crippen molar-refractivity contribution in [2.75, 3.05) is 71.4 Å². The van der Waals surface area contributed by atoms with E-state index in [-0.39, 0.29) is 42.5 Å². The third-order valence-corrected chi connectivity index (χ3v) is 19.2. The number of carbonyl (C=O) groups is 5. The molecule has 0 radical (unpaired) electrons. The average Bonchev–Trinajstić information content (AvgIpc) is 1.77. The molecular formula is C72H96Cl7N17O7. The van der Waals surface area contributed by atoms with Crippen LogP contribution in [-0.2, 0) is 50.1 Å². The van der Waals surface area contributed by atoms with Crippen molar-refractivity contribution >= 4 is 140 Å². The van der Waals surface area contributed by atoms with E-state index in [4.69, 9.17) is 85.0 Å². The molecule has 0 bridgehead atoms. The topological polar surface area (TPSA) is 346 Å². The van der Waals surface area contributed by atoms with Crippen LogP contribution in [0.1, 0.15) is 101 Å². The Hall–Kier alpha value is -7.14. The van der Waals surface area contributed by atoms with E-state index in [1.54, 1.807) is 45.4 Å². The lowest BCUT2D eigenvalue weighted by Gasteiger charge is -2.40. The van der Waals surface area contributed by atoms with E-state index in [1.807, 2.05) is 124 Å². The van der Waals surface area contributed by atoms with Crippen molar-refractivity contribution in [3.63, 3.8) is 0 Å². The summed E-state index contributed by atoms with van der Waals surface area (Å²) in [4.78, 5) is 89.6. The number of benzene rings is 4. The number of aliphatic carboxylic acids is 1. The number of amides is 4. The number of fused-ring (bicyclic) bond motifs is 2. The van der Waals surface area contributed by atoms with E-state index in [0.717, 1.165) is 107 Å². The molecule has 4 saturated heterocycles. The number of halogens is 7. The minimum atomic E-state index is -0.957. The number of carboxylic acids is 1. The highest BCUT2D eigenvalue weighted by atomic mass is 35.5. The minimum Gasteiger partial charge on any atom is -0.481 e. The largest absolute Gasteiger partial charge is 0.481 e. The van der Waals surface area contributed by atoms with Gasteiger partial charge in [0.15, 0.2) is 0 Å². The number of rotatable bonds is 13. The zero-order valence-electron chi connectivity index (χ0n) is 58.8. The summed E-state index contributed by atoms with van der Waals surface area (Å²) in [6.45, 7) is 15.3. The zero-order valence-corrected chi connectivity index (χ0v) is 64.2. The van der Waals surface area contributed by atoms with Gasteiger partial charge < -0.3 is 78.3 Å². The van der Waals surface area contributed by atoms with Crippen LogP contribution in [0.2, 0.25) is 25.2 Å². The van der Waals surface area contributed by atoms with Gasteiger partial charge in [0.2, 0.25) is 17.7 Å². The van der Waals surface area contributed by atoms with Crippen molar-refractivity contribution in [1.29, 1.82) is 0 Å². The number of hydrogen-bond donors (Lipinski definition) is 11. The summed E-state index contributed by atoms with van der Waals surface area (Å²) in [5.74, 6) is -0.146. The molecule has 103 heavy (non-hydrogen) atoms. The number of anilines is 1. The smallest absolute Gasteiger partial charge is 0.408 e. The maximum atomic E-state index is 12.9. The van der Waals surface area contributed by atoms with Gasteiger partial charge in [0.25, 0.3) is 0 Å². The molecule has 0 unspecified atom stereocenters. The molecule has 31 heteroatoms. The average molecular weight is 1560 g/mol. The fourth-order valence-electron chi connectivity index (χ4n) is 11.1. The quantitative estimate of drug-likeness (QED) is 0.0478. The van der Waals surface area contributed by atoms with Crippen LogP contribution in [-0.4, -0.2) is 163 Å². The number of H-pyrrole nitrogens is 2. The Labute approximate surface area is 639 Å². The summed E-state index contributed by atoms with van der Waals surface area (Å²) < 4.78 is 5.36. The number of alkyl carbamates (subject to hydrolysis) is 1. The lowest BCUT2D eigenvalue weighted by Crippen LogP contribution is -2.63. The summed E-state index contributed by atoms with van der Waals surface area (Å²) >= 11 is 28.9. The maximum absolute atomic E-state index is 12.9. The number of nitrogens with one attached hydrogen (secondary N) is 7. The van der Waals surface area contributed by atoms with Gasteiger partial charge in [-0.3, -0.25) is 19.2 Å². The number of nitrogens with zero attached hydrogens (tertiary/aromatic N) is 7. The highest BCUT2D eigenvalue weighted by molar-refractivity contribution is 6.34. The number of likely N-dealkylation sites (tertiary alicyclic amines) is 2. The molecule has 4 aromatic carbocycles. The highest BCUT2D eigenvalue weighted by Gasteiger charge is 2.44. The van der Waals surface area contributed by atoms with Gasteiger partial charge in [-0.2, -0.15) is 0 Å². The number of hydrogen-bond acceptors (Lipinski definition) is 17. The molecule has 560 valence electrons. The van der Waals surface area contributed by atoms with Gasteiger partial charge in [0, 0.05) is 84.8 Å². The third kappa shape index (κ3) is 27.1. The summed E-state index contributed by atoms with van der Waals surface area (Å²) in [6, 6.07) is 33.4. The molecule has 12 rings (SSSR count). The number of aromatic amines is 2. The van der Waals surface area contributed by atoms with Crippen LogP contribution in [0.5, 0.6) is 0 Å². The number of piperidine rings is 4. The van der Waals surface area contributed by atoms with Crippen LogP contribution >= 0.6 is 82.8 Å². The summed E-state index contributed by atoms with van der Waals surface area (Å²) in [7, 11) is 4.03. The third-order valence-electron chi connectivity index (χ3n) is 17.9. The van der Waals surface area contributed by atoms with Crippen molar-refractivity contribution in [2.45, 2.75) is 127 Å². The van der Waals surface area contributed by atoms with Crippen LogP contribution in [0.15, 0.2) is 134 Å². The van der Waals surface area contributed by atoms with Gasteiger partial charge in [-0.25, -0.2) is 24.7 Å². The fourth-order valence-corrected chi connectivity index (χ4v) is 11.8. The number of ether oxygens (including phenoxy) is 1. The molecule has 0 saturated carbocycles. The maximum Gasteiger partial charge on any atom is 0.408 e. The van der Waals surface area contributed by atoms with E-state index in [9.17, 15) is 24.0 Å². The second-order valence-corrected chi connectivity index (χ2v) is 28.9. The van der Waals surface area contributed by atoms with E-state index in [0.29, 0.717) is 98.0 Å². The van der Waals surface area contributed by atoms with Gasteiger partial charge >= 0.3 is 12.1 Å². The van der Waals surface area contributed by atoms with Crippen LogP contribution < -0.4 is 48.7 Å². The molecule has 4 amide bonds. The minimum absolute atomic E-state index is 0. The molecule has 4 fully saturated rings. The Bertz CT molecular complexity index is 3930. The van der Waals surface area contributed by atoms with Crippen molar-refractivity contribution in [2.24, 2.45) is 22.6 Å². The standard InChI is InChI=1S/C19H21ClN6O.C19H28ClN3O3.C13H18ClN3O.C8H15NO2.C7H8ClN.C6H4ClN3.2ClH/c20-14-3-1-13(2-4-14)11-23-18(27)19(21)6-9-26(10-7-19)17-15-5-8-22-16(15)24-12-25-17;1-18(2,3)26-17(25)22-19(9-11-23(4)12-10-19)16(24)21-13-14-5-7-15(20)8-6-14;14-11-3-1-10(2-4-11)9-17-12(18)13(15)5-7-16-8-6-13;1-8(7(10)11)3-5-9(2)6-4-8;8-7-3-1-6(5-9)2-4-7;7-5-4-1-2-8-6(4)10-3-9-5;;/h1-5,8,12H,6-7,9-11,21H2,(H,23,27)(H,22,24,25);5-8H,9-13H2,1-4H3,(H,21,24)(H,22,25);1-4,16H,5-9,15H2,(H,17,18);3-6H2,1-2H3,(H,10,11);1-4H,5,9H2;1-3H,(H,8,9,10);2*1H. The van der Waals surface area contributed by atoms with Crippen LogP contribution in [0, 0.1) is 5.41 Å². The number of nitrogens with two attached hydrogens (primary N) is 3. The Morgan fingerprint density at radius 1 is 0.534 bits per heavy atom. The zero-order chi connectivity index (χ0) is 73.4. The molecule has 0 atom stereocenters. The lowest BCUT2D eigenvalue weighted by atomic mass is 9.81. The Morgan fingerprint density at radius 2 is 0.922 bits per heavy atom. The lowest BCUT2D eigenvalue weighted by molar-refractivity contribution is -0.150. The SMILES string of the molecule is CN1CCC(C)(C(=O)O)CC1.CN1CCC(NC(=O)OC(C)(C)C)(C(=O)NCc2ccc(Cl)cc2)CC1.Cl.Cl.Clc1ncnc2[nH]ccc12.NC1(C(=O)NCc2ccc(Cl)cc2)CCN(c2ncnc3[nH]ccc23)CC1.NC1(C(=O)NCc2ccc(Cl)cc2)CCNCC1.NCc1ccc(Cl)cc1. The molecule has 14 N–H and O–H groups in total. The predicted molar refractivity (Wildman–Crippen MR) is 415 cm³/mol. The molecular weight excluding hydrogens is 1460 g/mol. The van der Waals surface area contributed by atoms with Crippen LogP contribution in [0.25, 0.3) is 22.1 Å². The molecule has 4 aliphatic heterocycles. The highest BCUT2D eigenvalue weighted by Crippen LogP contribution is 2.31. The summed E-state index contributed by atoms with van der Waals surface area (Å²) in [5, 5.41) is 28.8. The van der Waals surface area contributed by atoms with Gasteiger partial charge in [0.05, 0.1) is 27.3 Å². The number of aromatic nitrogens is 6. The number of carbonyl (C=O) groups excluding carboxylic acids is 4. The van der Waals surface area contributed by atoms with Gasteiger partial charge in [0.1, 0.15) is 46.1 Å². The number of carboxylic acid groups (broad SMARTS) is 1. The molecule has 0 spiro atoms. The first-order valence-electron chi connectivity index (χ1n) is 33.4. The van der Waals surface area contributed by atoms with E-state index in [1.165, 1.54) is 6.33 Å². The van der Waals surface area contributed by atoms with Crippen molar-refractivity contribution in [3.05, 3.63) is 182 Å². The normalized spacial score (nSPS) is 16.4. The summed E-state index contributed by atoms with van der Waals surface area (Å²) in [6.07, 6.45) is 11.2. The Kier molecular flexibility index (Phi) is 34.4. The van der Waals surface area contributed by atoms with Crippen molar-refractivity contribution in [3.8, 4) is 0 Å². The second kappa shape index (κ2) is 40.9. The molecule has 4 aliphatic rings. The molecule has 0 aliphatic carbocycles. The second-order valence-electron chi connectivity index (χ2n) is 26.8. The monoisotopic (exact) mass is 1560 g/mol. The van der Waals surface area contributed by atoms with Crippen LogP contribution in [0.3, 0.4) is 0 Å². The first-order chi connectivity index (χ1) is 48.0. The Morgan fingerprint density at radius 3 is 1.34 bits per heavy atom. The van der Waals surface area contributed by atoms with E-state index in [2.05, 4.69) is 71.2 Å². The Balaban J connectivity index is 0.000000232. The van der Waals surface area contributed by atoms with E-state index >= 15 is 0 Å². The molecule has 24 nitrogen and oxygen atoms in total.